The average Bonchev–Trinajstić information content (AvgIpc) is 4.11. The second-order valence-electron chi connectivity index (χ2n) is 17.4. The number of sulfonamides is 2. The largest absolute Gasteiger partial charge is 0.395 e. The van der Waals surface area contributed by atoms with Crippen LogP contribution in [0.5, 0.6) is 0 Å². The van der Waals surface area contributed by atoms with E-state index in [1.807, 2.05) is 87.1 Å². The van der Waals surface area contributed by atoms with E-state index in [0.29, 0.717) is 60.9 Å². The van der Waals surface area contributed by atoms with Crippen molar-refractivity contribution in [1.82, 2.24) is 39.0 Å². The summed E-state index contributed by atoms with van der Waals surface area (Å²) in [4.78, 5) is 54.8. The molecule has 23 heteroatoms. The number of carbonyl (C=O) groups excluding carboxylic acids is 2. The van der Waals surface area contributed by atoms with E-state index in [2.05, 4.69) is 42.5 Å². The molecule has 10 rings (SSSR count). The van der Waals surface area contributed by atoms with Crippen LogP contribution in [0.4, 0.5) is 46.3 Å². The molecule has 0 bridgehead atoms. The lowest BCUT2D eigenvalue weighted by Crippen LogP contribution is -2.29. The quantitative estimate of drug-likeness (QED) is 0.112. The van der Waals surface area contributed by atoms with Crippen molar-refractivity contribution in [1.29, 1.82) is 0 Å². The average molecular weight is 1010 g/mol. The van der Waals surface area contributed by atoms with Crippen molar-refractivity contribution in [3.05, 3.63) is 132 Å². The van der Waals surface area contributed by atoms with Crippen LogP contribution in [0.3, 0.4) is 0 Å². The lowest BCUT2D eigenvalue weighted by Gasteiger charge is -2.19. The molecule has 2 aromatic carbocycles. The molecule has 0 fully saturated rings. The molecule has 0 atom stereocenters. The van der Waals surface area contributed by atoms with Crippen LogP contribution in [0.25, 0.3) is 22.1 Å². The minimum absolute atomic E-state index is 0.0389. The molecule has 72 heavy (non-hydrogen) atoms. The van der Waals surface area contributed by atoms with Gasteiger partial charge in [0.15, 0.2) is 0 Å². The van der Waals surface area contributed by atoms with Gasteiger partial charge in [-0.1, -0.05) is 19.1 Å². The third-order valence-electron chi connectivity index (χ3n) is 12.3. The van der Waals surface area contributed by atoms with Crippen LogP contribution in [-0.2, 0) is 55.6 Å². The molecule has 0 radical (unpaired) electrons. The highest BCUT2D eigenvalue weighted by molar-refractivity contribution is 7.92. The standard InChI is InChI=1S/C25H27N7O3S.C24H25N7O4S/c1-4-11-32-21-8-7-20(13-19(21)14-22(32)33)28-25-27-15-17-9-12-31(24(17)29-25)16-18-6-5-10-26-23(18)30(2)36(3,34)35;1-29(36(2,34)35)22-17(4-3-8-25-22)15-30-9-7-16-14-26-24(28-23(16)30)27-19-5-6-20-18(12-19)13-21(33)31(20)10-11-32/h5-10,12-13,15H,4,11,14,16H2,1-3H3,(H,27,28,29);3-9,12,14,32H,10-11,13,15H2,1-2H3,(H,26,27,28). The Bertz CT molecular complexity index is 3370. The number of β-amino-alcohol motifs (C(OH)–C–C–N with tert-alkyl or cyclic N) is 1. The molecule has 6 aromatic heterocycles. The molecule has 8 aromatic rings. The zero-order valence-corrected chi connectivity index (χ0v) is 41.8. The van der Waals surface area contributed by atoms with E-state index in [0.717, 1.165) is 79.0 Å². The summed E-state index contributed by atoms with van der Waals surface area (Å²) < 4.78 is 54.5. The van der Waals surface area contributed by atoms with E-state index >= 15 is 0 Å². The number of nitrogens with zero attached hydrogens (tertiary/aromatic N) is 12. The molecule has 21 nitrogen and oxygen atoms in total. The van der Waals surface area contributed by atoms with Crippen LogP contribution in [0.1, 0.15) is 35.6 Å². The smallest absolute Gasteiger partial charge is 0.233 e. The molecule has 0 spiro atoms. The fourth-order valence-electron chi connectivity index (χ4n) is 8.67. The molecule has 2 aliphatic heterocycles. The summed E-state index contributed by atoms with van der Waals surface area (Å²) in [6, 6.07) is 22.5. The molecule has 2 amide bonds. The number of fused-ring (bicyclic) bond motifs is 4. The summed E-state index contributed by atoms with van der Waals surface area (Å²) in [6.45, 7) is 3.71. The van der Waals surface area contributed by atoms with Crippen molar-refractivity contribution >= 4 is 100 Å². The minimum Gasteiger partial charge on any atom is -0.395 e. The molecular formula is C49H52N14O7S2. The second-order valence-corrected chi connectivity index (χ2v) is 21.4. The fraction of sp³-hybridized carbons (Fsp3) is 0.265. The van der Waals surface area contributed by atoms with Gasteiger partial charge in [0, 0.05) is 109 Å². The van der Waals surface area contributed by atoms with Gasteiger partial charge in [-0.3, -0.25) is 18.2 Å². The van der Waals surface area contributed by atoms with Crippen LogP contribution in [0.15, 0.2) is 110 Å². The Kier molecular flexibility index (Phi) is 13.6. The van der Waals surface area contributed by atoms with Crippen LogP contribution in [-0.4, -0.2) is 119 Å². The lowest BCUT2D eigenvalue weighted by atomic mass is 10.1. The van der Waals surface area contributed by atoms with Crippen molar-refractivity contribution in [3.8, 4) is 0 Å². The van der Waals surface area contributed by atoms with E-state index in [1.54, 1.807) is 41.8 Å². The van der Waals surface area contributed by atoms with Crippen molar-refractivity contribution in [3.63, 3.8) is 0 Å². The number of aliphatic hydroxyl groups excluding tert-OH is 1. The number of rotatable bonds is 16. The Morgan fingerprint density at radius 1 is 0.625 bits per heavy atom. The minimum atomic E-state index is -3.47. The monoisotopic (exact) mass is 1010 g/mol. The van der Waals surface area contributed by atoms with Crippen LogP contribution < -0.4 is 29.0 Å². The summed E-state index contributed by atoms with van der Waals surface area (Å²) in [6.07, 6.45) is 14.2. The van der Waals surface area contributed by atoms with Gasteiger partial charge < -0.3 is 34.7 Å². The summed E-state index contributed by atoms with van der Waals surface area (Å²) in [5.41, 5.74) is 8.03. The Hall–Kier alpha value is -8.02. The Morgan fingerprint density at radius 3 is 1.49 bits per heavy atom. The number of hydrogen-bond donors (Lipinski definition) is 3. The molecule has 2 aliphatic rings. The molecule has 3 N–H and O–H groups in total. The van der Waals surface area contributed by atoms with Crippen LogP contribution in [0.2, 0.25) is 0 Å². The normalized spacial score (nSPS) is 13.3. The number of anilines is 8. The number of nitrogens with one attached hydrogen (secondary N) is 2. The van der Waals surface area contributed by atoms with E-state index in [-0.39, 0.29) is 31.4 Å². The number of pyridine rings is 2. The van der Waals surface area contributed by atoms with Crippen molar-refractivity contribution in [2.45, 2.75) is 39.3 Å². The number of benzene rings is 2. The number of hydrogen-bond acceptors (Lipinski definition) is 15. The molecule has 0 unspecified atom stereocenters. The number of aliphatic hydroxyl groups is 1. The first-order valence-corrected chi connectivity index (χ1v) is 26.6. The predicted octanol–water partition coefficient (Wildman–Crippen LogP) is 5.21. The number of carbonyl (C=O) groups is 2. The maximum atomic E-state index is 12.4. The van der Waals surface area contributed by atoms with E-state index < -0.39 is 20.0 Å². The van der Waals surface area contributed by atoms with Gasteiger partial charge in [0.1, 0.15) is 22.9 Å². The Balaban J connectivity index is 0.000000178. The van der Waals surface area contributed by atoms with Gasteiger partial charge in [0.25, 0.3) is 0 Å². The summed E-state index contributed by atoms with van der Waals surface area (Å²) in [5.74, 6) is 1.63. The van der Waals surface area contributed by atoms with Gasteiger partial charge in [-0.15, -0.1) is 0 Å². The molecule has 0 aliphatic carbocycles. The zero-order chi connectivity index (χ0) is 50.9. The van der Waals surface area contributed by atoms with Crippen molar-refractivity contribution in [2.24, 2.45) is 0 Å². The number of aromatic nitrogens is 8. The lowest BCUT2D eigenvalue weighted by molar-refractivity contribution is -0.118. The summed E-state index contributed by atoms with van der Waals surface area (Å²) >= 11 is 0. The van der Waals surface area contributed by atoms with E-state index in [4.69, 9.17) is 4.98 Å². The fourth-order valence-corrected chi connectivity index (χ4v) is 9.62. The van der Waals surface area contributed by atoms with Gasteiger partial charge in [0.2, 0.25) is 43.8 Å². The molecule has 8 heterocycles. The SMILES string of the molecule is CCCN1C(=O)Cc2cc(Nc3ncc4ccn(Cc5cccnc5N(C)S(C)(=O)=O)c4n3)ccc21.CN(c1ncccc1Cn1ccc2cnc(Nc3ccc4c(c3)CC(=O)N4CCO)nc21)S(C)(=O)=O. The predicted molar refractivity (Wildman–Crippen MR) is 277 cm³/mol. The van der Waals surface area contributed by atoms with Gasteiger partial charge >= 0.3 is 0 Å². The Labute approximate surface area is 415 Å². The maximum Gasteiger partial charge on any atom is 0.233 e. The molecule has 0 saturated carbocycles. The molecule has 0 saturated heterocycles. The summed E-state index contributed by atoms with van der Waals surface area (Å²) in [7, 11) is -3.95. The van der Waals surface area contributed by atoms with Gasteiger partial charge in [0.05, 0.1) is 45.0 Å². The van der Waals surface area contributed by atoms with Gasteiger partial charge in [-0.25, -0.2) is 36.8 Å². The molecule has 372 valence electrons. The first-order valence-electron chi connectivity index (χ1n) is 22.9. The maximum absolute atomic E-state index is 12.4. The Morgan fingerprint density at radius 2 is 1.07 bits per heavy atom. The highest BCUT2D eigenvalue weighted by atomic mass is 32.2. The highest BCUT2D eigenvalue weighted by Crippen LogP contribution is 2.34. The first-order chi connectivity index (χ1) is 34.5. The third-order valence-corrected chi connectivity index (χ3v) is 14.7. The highest BCUT2D eigenvalue weighted by Gasteiger charge is 2.28. The summed E-state index contributed by atoms with van der Waals surface area (Å²) in [5, 5.41) is 17.4. The molecular weight excluding hydrogens is 961 g/mol. The van der Waals surface area contributed by atoms with Gasteiger partial charge in [-0.2, -0.15) is 9.97 Å². The third kappa shape index (κ3) is 10.2. The van der Waals surface area contributed by atoms with Crippen molar-refractivity contribution in [2.75, 3.05) is 75.3 Å². The number of amides is 2. The van der Waals surface area contributed by atoms with Crippen LogP contribution >= 0.6 is 0 Å². The van der Waals surface area contributed by atoms with E-state index in [9.17, 15) is 31.5 Å². The zero-order valence-electron chi connectivity index (χ0n) is 40.1. The topological polar surface area (TPSA) is 247 Å². The van der Waals surface area contributed by atoms with Crippen molar-refractivity contribution < 1.29 is 31.5 Å². The first kappa shape index (κ1) is 49.0. The van der Waals surface area contributed by atoms with Crippen LogP contribution in [0, 0.1) is 0 Å². The van der Waals surface area contributed by atoms with Gasteiger partial charge in [-0.05, 0) is 78.2 Å². The van der Waals surface area contributed by atoms with E-state index in [1.165, 1.54) is 18.4 Å². The second kappa shape index (κ2) is 20.0.